The lowest BCUT2D eigenvalue weighted by molar-refractivity contribution is 0.0653. The molecule has 1 unspecified atom stereocenters. The van der Waals surface area contributed by atoms with Crippen LogP contribution in [0.25, 0.3) is 0 Å². The van der Waals surface area contributed by atoms with E-state index in [1.807, 2.05) is 18.2 Å². The van der Waals surface area contributed by atoms with Crippen molar-refractivity contribution in [3.63, 3.8) is 0 Å². The first-order chi connectivity index (χ1) is 11.1. The molecule has 1 saturated heterocycles. The molecule has 5 nitrogen and oxygen atoms in total. The van der Waals surface area contributed by atoms with E-state index in [9.17, 15) is 9.59 Å². The fourth-order valence-corrected chi connectivity index (χ4v) is 3.66. The van der Waals surface area contributed by atoms with Gasteiger partial charge in [-0.05, 0) is 36.6 Å². The third kappa shape index (κ3) is 3.76. The van der Waals surface area contributed by atoms with Crippen LogP contribution in [-0.4, -0.2) is 40.7 Å². The molecule has 1 atom stereocenters. The number of likely N-dealkylation sites (tertiary alicyclic amines) is 1. The van der Waals surface area contributed by atoms with Crippen molar-refractivity contribution < 1.29 is 19.1 Å². The van der Waals surface area contributed by atoms with Crippen LogP contribution in [0.3, 0.4) is 0 Å². The summed E-state index contributed by atoms with van der Waals surface area (Å²) < 4.78 is 5.09. The molecule has 1 N–H and O–H groups in total. The van der Waals surface area contributed by atoms with Crippen LogP contribution in [0.15, 0.2) is 51.8 Å². The lowest BCUT2D eigenvalue weighted by Gasteiger charge is -2.15. The zero-order valence-corrected chi connectivity index (χ0v) is 13.3. The SMILES string of the molecule is O=C(O)c1ccc(C(=O)N2CCC(CSc3ccccc3)C2)o1. The molecule has 1 fully saturated rings. The maximum atomic E-state index is 12.3. The Morgan fingerprint density at radius 2 is 1.91 bits per heavy atom. The molecule has 6 heteroatoms. The highest BCUT2D eigenvalue weighted by molar-refractivity contribution is 7.99. The fraction of sp³-hybridized carbons (Fsp3) is 0.294. The second kappa shape index (κ2) is 6.91. The van der Waals surface area contributed by atoms with Crippen LogP contribution in [-0.2, 0) is 0 Å². The number of aromatic carboxylic acids is 1. The van der Waals surface area contributed by atoms with Gasteiger partial charge in [0, 0.05) is 23.7 Å². The number of rotatable bonds is 5. The Hall–Kier alpha value is -2.21. The predicted molar refractivity (Wildman–Crippen MR) is 86.8 cm³/mol. The number of carboxylic acid groups (broad SMARTS) is 1. The van der Waals surface area contributed by atoms with E-state index >= 15 is 0 Å². The normalized spacial score (nSPS) is 17.4. The second-order valence-electron chi connectivity index (χ2n) is 5.50. The van der Waals surface area contributed by atoms with Crippen molar-refractivity contribution in [2.24, 2.45) is 5.92 Å². The molecule has 3 rings (SSSR count). The fourth-order valence-electron chi connectivity index (χ4n) is 2.61. The molecular weight excluding hydrogens is 314 g/mol. The van der Waals surface area contributed by atoms with Gasteiger partial charge in [0.1, 0.15) is 0 Å². The standard InChI is InChI=1S/C17H17NO4S/c19-16(14-6-7-15(22-14)17(20)21)18-9-8-12(10-18)11-23-13-4-2-1-3-5-13/h1-7,12H,8-11H2,(H,20,21). The number of nitrogens with zero attached hydrogens (tertiary/aromatic N) is 1. The summed E-state index contributed by atoms with van der Waals surface area (Å²) in [6.45, 7) is 1.36. The van der Waals surface area contributed by atoms with Gasteiger partial charge in [0.05, 0.1) is 0 Å². The van der Waals surface area contributed by atoms with Crippen molar-refractivity contribution in [1.29, 1.82) is 0 Å². The Bertz CT molecular complexity index is 698. The van der Waals surface area contributed by atoms with Crippen LogP contribution in [0.1, 0.15) is 27.5 Å². The van der Waals surface area contributed by atoms with E-state index in [4.69, 9.17) is 9.52 Å². The average Bonchev–Trinajstić information content (AvgIpc) is 3.23. The summed E-state index contributed by atoms with van der Waals surface area (Å²) in [6.07, 6.45) is 0.956. The molecule has 0 aliphatic carbocycles. The molecule has 120 valence electrons. The molecule has 1 amide bonds. The van der Waals surface area contributed by atoms with Gasteiger partial charge in [-0.2, -0.15) is 0 Å². The Labute approximate surface area is 138 Å². The van der Waals surface area contributed by atoms with E-state index < -0.39 is 5.97 Å². The zero-order chi connectivity index (χ0) is 16.2. The van der Waals surface area contributed by atoms with Crippen LogP contribution in [0, 0.1) is 5.92 Å². The third-order valence-electron chi connectivity index (χ3n) is 3.83. The Balaban J connectivity index is 1.54. The number of hydrogen-bond acceptors (Lipinski definition) is 4. The number of hydrogen-bond donors (Lipinski definition) is 1. The van der Waals surface area contributed by atoms with E-state index in [0.29, 0.717) is 19.0 Å². The third-order valence-corrected chi connectivity index (χ3v) is 5.07. The minimum Gasteiger partial charge on any atom is -0.475 e. The first-order valence-corrected chi connectivity index (χ1v) is 8.42. The van der Waals surface area contributed by atoms with Crippen molar-refractivity contribution >= 4 is 23.6 Å². The van der Waals surface area contributed by atoms with Gasteiger partial charge >= 0.3 is 5.97 Å². The zero-order valence-electron chi connectivity index (χ0n) is 12.5. The molecule has 0 saturated carbocycles. The van der Waals surface area contributed by atoms with Crippen molar-refractivity contribution in [2.45, 2.75) is 11.3 Å². The molecule has 1 aromatic carbocycles. The molecule has 23 heavy (non-hydrogen) atoms. The Morgan fingerprint density at radius 1 is 1.17 bits per heavy atom. The first kappa shape index (κ1) is 15.7. The summed E-state index contributed by atoms with van der Waals surface area (Å²) in [5, 5.41) is 8.84. The lowest BCUT2D eigenvalue weighted by Crippen LogP contribution is -2.28. The second-order valence-corrected chi connectivity index (χ2v) is 6.59. The van der Waals surface area contributed by atoms with Crippen molar-refractivity contribution in [1.82, 2.24) is 4.90 Å². The number of furan rings is 1. The number of benzene rings is 1. The summed E-state index contributed by atoms with van der Waals surface area (Å²) in [5.74, 6) is -0.0975. The maximum absolute atomic E-state index is 12.3. The van der Waals surface area contributed by atoms with Gasteiger partial charge in [-0.1, -0.05) is 18.2 Å². The Kier molecular flexibility index (Phi) is 4.71. The summed E-state index contributed by atoms with van der Waals surface area (Å²) in [7, 11) is 0. The van der Waals surface area contributed by atoms with Crippen LogP contribution < -0.4 is 0 Å². The maximum Gasteiger partial charge on any atom is 0.371 e. The average molecular weight is 331 g/mol. The van der Waals surface area contributed by atoms with Gasteiger partial charge in [0.25, 0.3) is 5.91 Å². The van der Waals surface area contributed by atoms with Gasteiger partial charge in [0.2, 0.25) is 5.76 Å². The number of amides is 1. The number of carbonyl (C=O) groups is 2. The van der Waals surface area contributed by atoms with E-state index in [1.165, 1.54) is 17.0 Å². The van der Waals surface area contributed by atoms with Crippen molar-refractivity contribution in [3.8, 4) is 0 Å². The van der Waals surface area contributed by atoms with Crippen molar-refractivity contribution in [2.75, 3.05) is 18.8 Å². The van der Waals surface area contributed by atoms with Gasteiger partial charge < -0.3 is 14.4 Å². The molecular formula is C17H17NO4S. The highest BCUT2D eigenvalue weighted by Crippen LogP contribution is 2.26. The minimum absolute atomic E-state index is 0.0961. The van der Waals surface area contributed by atoms with Gasteiger partial charge in [-0.25, -0.2) is 4.79 Å². The molecule has 1 aliphatic heterocycles. The molecule has 0 spiro atoms. The summed E-state index contributed by atoms with van der Waals surface area (Å²) >= 11 is 1.80. The largest absolute Gasteiger partial charge is 0.475 e. The number of carbonyl (C=O) groups excluding carboxylic acids is 1. The summed E-state index contributed by atoms with van der Waals surface area (Å²) in [6, 6.07) is 12.9. The quantitative estimate of drug-likeness (QED) is 0.852. The number of thioether (sulfide) groups is 1. The van der Waals surface area contributed by atoms with Crippen LogP contribution >= 0.6 is 11.8 Å². The summed E-state index contributed by atoms with van der Waals surface area (Å²) in [5.41, 5.74) is 0. The molecule has 2 heterocycles. The number of carboxylic acids is 1. The van der Waals surface area contributed by atoms with Gasteiger partial charge in [0.15, 0.2) is 5.76 Å². The highest BCUT2D eigenvalue weighted by Gasteiger charge is 2.29. The minimum atomic E-state index is -1.16. The monoisotopic (exact) mass is 331 g/mol. The van der Waals surface area contributed by atoms with E-state index in [-0.39, 0.29) is 17.4 Å². The smallest absolute Gasteiger partial charge is 0.371 e. The van der Waals surface area contributed by atoms with E-state index in [2.05, 4.69) is 12.1 Å². The van der Waals surface area contributed by atoms with E-state index in [1.54, 1.807) is 16.7 Å². The van der Waals surface area contributed by atoms with Crippen LogP contribution in [0.5, 0.6) is 0 Å². The van der Waals surface area contributed by atoms with Crippen LogP contribution in [0.4, 0.5) is 0 Å². The molecule has 0 bridgehead atoms. The van der Waals surface area contributed by atoms with Crippen LogP contribution in [0.2, 0.25) is 0 Å². The Morgan fingerprint density at radius 3 is 2.61 bits per heavy atom. The topological polar surface area (TPSA) is 70.8 Å². The molecule has 1 aromatic heterocycles. The molecule has 0 radical (unpaired) electrons. The molecule has 2 aromatic rings. The van der Waals surface area contributed by atoms with Gasteiger partial charge in [-0.3, -0.25) is 4.79 Å². The van der Waals surface area contributed by atoms with E-state index in [0.717, 1.165) is 12.2 Å². The van der Waals surface area contributed by atoms with Crippen molar-refractivity contribution in [3.05, 3.63) is 54.0 Å². The first-order valence-electron chi connectivity index (χ1n) is 7.44. The molecule has 1 aliphatic rings. The lowest BCUT2D eigenvalue weighted by atomic mass is 10.2. The highest BCUT2D eigenvalue weighted by atomic mass is 32.2. The summed E-state index contributed by atoms with van der Waals surface area (Å²) in [4.78, 5) is 26.1. The predicted octanol–water partition coefficient (Wildman–Crippen LogP) is 3.23. The van der Waals surface area contributed by atoms with Gasteiger partial charge in [-0.15, -0.1) is 11.8 Å².